The highest BCUT2D eigenvalue weighted by atomic mass is 127. The molecule has 2 aliphatic carbocycles. The van der Waals surface area contributed by atoms with Crippen molar-refractivity contribution in [3.63, 3.8) is 0 Å². The fourth-order valence-corrected chi connectivity index (χ4v) is 4.26. The van der Waals surface area contributed by atoms with Crippen LogP contribution >= 0.6 is 24.0 Å². The molecular weight excluding hydrogens is 415 g/mol. The lowest BCUT2D eigenvalue weighted by atomic mass is 9.79. The summed E-state index contributed by atoms with van der Waals surface area (Å²) in [6.45, 7) is 6.01. The van der Waals surface area contributed by atoms with Crippen molar-refractivity contribution in [1.82, 2.24) is 15.5 Å². The lowest BCUT2D eigenvalue weighted by molar-refractivity contribution is -0.0352. The fraction of sp³-hybridized carbons (Fsp3) is 0.944. The molecular formula is C18H35IN4O. The first-order valence-electron chi connectivity index (χ1n) is 9.60. The van der Waals surface area contributed by atoms with Crippen molar-refractivity contribution < 1.29 is 4.74 Å². The number of halogens is 1. The molecule has 0 aromatic carbocycles. The zero-order valence-electron chi connectivity index (χ0n) is 15.2. The number of nitrogens with one attached hydrogen (secondary N) is 2. The average Bonchev–Trinajstić information content (AvgIpc) is 2.58. The molecule has 1 saturated heterocycles. The van der Waals surface area contributed by atoms with Crippen molar-refractivity contribution in [3.05, 3.63) is 0 Å². The van der Waals surface area contributed by atoms with Crippen LogP contribution in [0.15, 0.2) is 4.99 Å². The highest BCUT2D eigenvalue weighted by molar-refractivity contribution is 14.0. The first-order valence-corrected chi connectivity index (χ1v) is 9.60. The van der Waals surface area contributed by atoms with Crippen LogP contribution in [0.25, 0.3) is 0 Å². The van der Waals surface area contributed by atoms with Crippen LogP contribution in [0, 0.1) is 5.92 Å². The van der Waals surface area contributed by atoms with Gasteiger partial charge in [0, 0.05) is 38.8 Å². The number of aliphatic imine (C=N–C) groups is 1. The Balaban J connectivity index is 0.00000208. The van der Waals surface area contributed by atoms with Gasteiger partial charge in [-0.25, -0.2) is 0 Å². The molecule has 3 aliphatic rings. The van der Waals surface area contributed by atoms with E-state index in [9.17, 15) is 0 Å². The molecule has 0 aromatic heterocycles. The summed E-state index contributed by atoms with van der Waals surface area (Å²) in [5.41, 5.74) is 0.302. The molecule has 0 bridgehead atoms. The third kappa shape index (κ3) is 5.21. The van der Waals surface area contributed by atoms with Crippen LogP contribution in [-0.2, 0) is 4.74 Å². The summed E-state index contributed by atoms with van der Waals surface area (Å²) in [5, 5.41) is 7.16. The zero-order valence-corrected chi connectivity index (χ0v) is 17.5. The van der Waals surface area contributed by atoms with E-state index in [1.807, 2.05) is 7.05 Å². The second kappa shape index (κ2) is 10.2. The predicted molar refractivity (Wildman–Crippen MR) is 110 cm³/mol. The number of morpholine rings is 1. The number of rotatable bonds is 5. The van der Waals surface area contributed by atoms with Gasteiger partial charge in [0.15, 0.2) is 5.96 Å². The van der Waals surface area contributed by atoms with Crippen LogP contribution in [0.2, 0.25) is 0 Å². The number of nitrogens with zero attached hydrogens (tertiary/aromatic N) is 2. The zero-order chi connectivity index (χ0) is 16.0. The predicted octanol–water partition coefficient (Wildman–Crippen LogP) is 2.60. The van der Waals surface area contributed by atoms with E-state index in [4.69, 9.17) is 4.74 Å². The van der Waals surface area contributed by atoms with Crippen LogP contribution < -0.4 is 10.6 Å². The van der Waals surface area contributed by atoms with Crippen LogP contribution in [0.5, 0.6) is 0 Å². The Hall–Kier alpha value is -0.0800. The monoisotopic (exact) mass is 450 g/mol. The summed E-state index contributed by atoms with van der Waals surface area (Å²) in [4.78, 5) is 7.11. The summed E-state index contributed by atoms with van der Waals surface area (Å²) < 4.78 is 5.57. The lowest BCUT2D eigenvalue weighted by Crippen LogP contribution is -2.60. The maximum atomic E-state index is 5.57. The third-order valence-corrected chi connectivity index (χ3v) is 6.06. The Bertz CT molecular complexity index is 388. The van der Waals surface area contributed by atoms with Gasteiger partial charge >= 0.3 is 0 Å². The van der Waals surface area contributed by atoms with Crippen molar-refractivity contribution in [3.8, 4) is 0 Å². The molecule has 0 amide bonds. The van der Waals surface area contributed by atoms with Gasteiger partial charge in [-0.05, 0) is 31.6 Å². The van der Waals surface area contributed by atoms with E-state index in [1.54, 1.807) is 0 Å². The van der Waals surface area contributed by atoms with Crippen molar-refractivity contribution in [1.29, 1.82) is 0 Å². The molecule has 0 radical (unpaired) electrons. The molecule has 140 valence electrons. The number of hydrogen-bond acceptors (Lipinski definition) is 3. The molecule has 5 nitrogen and oxygen atoms in total. The molecule has 0 unspecified atom stereocenters. The van der Waals surface area contributed by atoms with E-state index in [1.165, 1.54) is 51.4 Å². The van der Waals surface area contributed by atoms with E-state index in [0.29, 0.717) is 5.54 Å². The highest BCUT2D eigenvalue weighted by Crippen LogP contribution is 2.33. The van der Waals surface area contributed by atoms with Crippen LogP contribution in [0.3, 0.4) is 0 Å². The van der Waals surface area contributed by atoms with Gasteiger partial charge in [0.2, 0.25) is 0 Å². The van der Waals surface area contributed by atoms with E-state index >= 15 is 0 Å². The minimum atomic E-state index is 0. The molecule has 2 N–H and O–H groups in total. The van der Waals surface area contributed by atoms with E-state index in [0.717, 1.165) is 51.3 Å². The molecule has 0 atom stereocenters. The molecule has 3 fully saturated rings. The van der Waals surface area contributed by atoms with Gasteiger partial charge in [-0.15, -0.1) is 24.0 Å². The van der Waals surface area contributed by atoms with Gasteiger partial charge in [0.25, 0.3) is 0 Å². The Kier molecular flexibility index (Phi) is 8.57. The molecule has 3 rings (SSSR count). The van der Waals surface area contributed by atoms with Gasteiger partial charge in [0.1, 0.15) is 0 Å². The van der Waals surface area contributed by atoms with Crippen molar-refractivity contribution in [2.45, 2.75) is 56.9 Å². The molecule has 0 spiro atoms. The maximum Gasteiger partial charge on any atom is 0.191 e. The first-order chi connectivity index (χ1) is 11.3. The van der Waals surface area contributed by atoms with Crippen LogP contribution in [0.4, 0.5) is 0 Å². The Morgan fingerprint density at radius 1 is 1.08 bits per heavy atom. The average molecular weight is 450 g/mol. The topological polar surface area (TPSA) is 48.9 Å². The SMILES string of the molecule is CN=C(NCC1CCC1)NCC1(N2CCOCC2)CCCCC1.I. The second-order valence-electron chi connectivity index (χ2n) is 7.49. The summed E-state index contributed by atoms with van der Waals surface area (Å²) >= 11 is 0. The molecule has 1 aliphatic heterocycles. The lowest BCUT2D eigenvalue weighted by Gasteiger charge is -2.48. The number of ether oxygens (including phenoxy) is 1. The van der Waals surface area contributed by atoms with Crippen LogP contribution in [-0.4, -0.2) is 62.8 Å². The summed E-state index contributed by atoms with van der Waals surface area (Å²) in [5.74, 6) is 1.84. The molecule has 6 heteroatoms. The smallest absolute Gasteiger partial charge is 0.191 e. The van der Waals surface area contributed by atoms with Crippen LogP contribution in [0.1, 0.15) is 51.4 Å². The fourth-order valence-electron chi connectivity index (χ4n) is 4.26. The van der Waals surface area contributed by atoms with Crippen molar-refractivity contribution in [2.24, 2.45) is 10.9 Å². The van der Waals surface area contributed by atoms with E-state index < -0.39 is 0 Å². The Morgan fingerprint density at radius 2 is 1.79 bits per heavy atom. The third-order valence-electron chi connectivity index (χ3n) is 6.06. The molecule has 24 heavy (non-hydrogen) atoms. The molecule has 1 heterocycles. The van der Waals surface area contributed by atoms with Crippen molar-refractivity contribution >= 4 is 29.9 Å². The standard InChI is InChI=1S/C18H34N4O.HI/c1-19-17(20-14-16-6-5-7-16)21-15-18(8-3-2-4-9-18)22-10-12-23-13-11-22;/h16H,2-15H2,1H3,(H2,19,20,21);1H. The van der Waals surface area contributed by atoms with Gasteiger partial charge in [0.05, 0.1) is 13.2 Å². The minimum absolute atomic E-state index is 0. The normalized spacial score (nSPS) is 25.5. The quantitative estimate of drug-likeness (QED) is 0.384. The van der Waals surface area contributed by atoms with Gasteiger partial charge in [-0.2, -0.15) is 0 Å². The summed E-state index contributed by atoms with van der Waals surface area (Å²) in [6.07, 6.45) is 10.9. The number of hydrogen-bond donors (Lipinski definition) is 2. The molecule has 2 saturated carbocycles. The maximum absolute atomic E-state index is 5.57. The van der Waals surface area contributed by atoms with E-state index in [-0.39, 0.29) is 24.0 Å². The van der Waals surface area contributed by atoms with Gasteiger partial charge in [-0.3, -0.25) is 9.89 Å². The Labute approximate surface area is 164 Å². The van der Waals surface area contributed by atoms with Gasteiger partial charge < -0.3 is 15.4 Å². The largest absolute Gasteiger partial charge is 0.379 e. The number of guanidine groups is 1. The molecule has 0 aromatic rings. The first kappa shape index (κ1) is 20.2. The summed E-state index contributed by atoms with van der Waals surface area (Å²) in [6, 6.07) is 0. The Morgan fingerprint density at radius 3 is 2.38 bits per heavy atom. The van der Waals surface area contributed by atoms with E-state index in [2.05, 4.69) is 20.5 Å². The van der Waals surface area contributed by atoms with Gasteiger partial charge in [-0.1, -0.05) is 25.7 Å². The van der Waals surface area contributed by atoms with Crippen molar-refractivity contribution in [2.75, 3.05) is 46.4 Å². The highest BCUT2D eigenvalue weighted by Gasteiger charge is 2.38. The summed E-state index contributed by atoms with van der Waals surface area (Å²) in [7, 11) is 1.89. The second-order valence-corrected chi connectivity index (χ2v) is 7.49. The minimum Gasteiger partial charge on any atom is -0.379 e.